The summed E-state index contributed by atoms with van der Waals surface area (Å²) >= 11 is 0. The molecule has 3 aromatic carbocycles. The van der Waals surface area contributed by atoms with Crippen molar-refractivity contribution in [2.75, 3.05) is 13.2 Å². The summed E-state index contributed by atoms with van der Waals surface area (Å²) in [7, 11) is 0. The Morgan fingerprint density at radius 1 is 0.545 bits per heavy atom. The smallest absolute Gasteiger partial charge is 0.205 e. The minimum atomic E-state index is -1.72. The van der Waals surface area contributed by atoms with Crippen LogP contribution in [-0.4, -0.2) is 13.2 Å². The van der Waals surface area contributed by atoms with Gasteiger partial charge in [-0.2, -0.15) is 17.6 Å². The number of benzene rings is 3. The molecule has 0 aliphatic carbocycles. The Morgan fingerprint density at radius 3 is 1.36 bits per heavy atom. The van der Waals surface area contributed by atoms with Gasteiger partial charge in [-0.3, -0.25) is 0 Å². The first-order valence-corrected chi connectivity index (χ1v) is 14.1. The number of unbranched alkanes of at least 4 members (excludes halogenated alkanes) is 4. The summed E-state index contributed by atoms with van der Waals surface area (Å²) < 4.78 is 126. The van der Waals surface area contributed by atoms with Crippen molar-refractivity contribution in [3.05, 3.63) is 93.1 Å². The molecular weight excluding hydrogens is 592 g/mol. The SMILES string of the molecule is CCCCCCCOc1c(F)c(F)c(C#Cc2ccc(C#Cc3c(F)c(F)c(OC[C@@H](C)CC)c(F)c3F)cc2)c(F)c1F. The third kappa shape index (κ3) is 8.25. The summed E-state index contributed by atoms with van der Waals surface area (Å²) in [5.74, 6) is -7.25. The van der Waals surface area contributed by atoms with E-state index < -0.39 is 69.2 Å². The molecule has 0 aromatic heterocycles. The fraction of sp³-hybridized carbons (Fsp3) is 0.353. The van der Waals surface area contributed by atoms with E-state index in [1.165, 1.54) is 24.3 Å². The van der Waals surface area contributed by atoms with E-state index in [1.54, 1.807) is 6.92 Å². The first kappa shape index (κ1) is 34.3. The number of halogens is 8. The Labute approximate surface area is 251 Å². The van der Waals surface area contributed by atoms with Crippen molar-refractivity contribution in [1.29, 1.82) is 0 Å². The zero-order valence-electron chi connectivity index (χ0n) is 24.4. The quantitative estimate of drug-likeness (QED) is 0.0919. The monoisotopic (exact) mass is 622 g/mol. The average Bonchev–Trinajstić information content (AvgIpc) is 3.02. The topological polar surface area (TPSA) is 18.5 Å². The van der Waals surface area contributed by atoms with Crippen LogP contribution in [0.1, 0.15) is 81.5 Å². The minimum Gasteiger partial charge on any atom is -0.487 e. The lowest BCUT2D eigenvalue weighted by molar-refractivity contribution is 0.227. The lowest BCUT2D eigenvalue weighted by atomic mass is 10.1. The molecule has 10 heteroatoms. The molecule has 234 valence electrons. The van der Waals surface area contributed by atoms with Crippen LogP contribution in [0.3, 0.4) is 0 Å². The highest BCUT2D eigenvalue weighted by Gasteiger charge is 2.27. The van der Waals surface area contributed by atoms with Crippen LogP contribution >= 0.6 is 0 Å². The molecule has 1 atom stereocenters. The van der Waals surface area contributed by atoms with Crippen molar-refractivity contribution < 1.29 is 44.6 Å². The van der Waals surface area contributed by atoms with Crippen LogP contribution in [0.15, 0.2) is 24.3 Å². The second-order valence-corrected chi connectivity index (χ2v) is 10.1. The van der Waals surface area contributed by atoms with E-state index in [0.717, 1.165) is 25.7 Å². The number of hydrogen-bond acceptors (Lipinski definition) is 2. The standard InChI is InChI=1S/C34H30F8O2/c1-4-6-7-8-9-18-43-33-29(39)25(35)23(26(36)30(33)40)16-14-21-10-12-22(13-11-21)15-17-24-27(37)31(41)34(32(42)28(24)38)44-19-20(3)5-2/h10-13,20H,4-9,18-19H2,1-3H3/t20-/m0/s1. The summed E-state index contributed by atoms with van der Waals surface area (Å²) in [5, 5.41) is 0. The van der Waals surface area contributed by atoms with E-state index >= 15 is 0 Å². The number of ether oxygens (including phenoxy) is 2. The molecule has 0 spiro atoms. The molecule has 0 unspecified atom stereocenters. The zero-order chi connectivity index (χ0) is 32.4. The molecule has 0 aliphatic heterocycles. The van der Waals surface area contributed by atoms with E-state index in [2.05, 4.69) is 23.7 Å². The molecular formula is C34H30F8O2. The Kier molecular flexibility index (Phi) is 12.5. The van der Waals surface area contributed by atoms with Crippen LogP contribution in [0.2, 0.25) is 0 Å². The van der Waals surface area contributed by atoms with E-state index in [4.69, 9.17) is 9.47 Å². The molecule has 2 nitrogen and oxygen atoms in total. The first-order valence-electron chi connectivity index (χ1n) is 14.1. The van der Waals surface area contributed by atoms with Gasteiger partial charge in [-0.25, -0.2) is 17.6 Å². The van der Waals surface area contributed by atoms with Gasteiger partial charge >= 0.3 is 0 Å². The van der Waals surface area contributed by atoms with Crippen LogP contribution in [0.5, 0.6) is 11.5 Å². The van der Waals surface area contributed by atoms with Gasteiger partial charge in [0.15, 0.2) is 34.8 Å². The van der Waals surface area contributed by atoms with Gasteiger partial charge in [0.2, 0.25) is 23.3 Å². The van der Waals surface area contributed by atoms with Gasteiger partial charge in [-0.15, -0.1) is 0 Å². The average molecular weight is 623 g/mol. The van der Waals surface area contributed by atoms with Gasteiger partial charge in [-0.1, -0.05) is 76.6 Å². The molecule has 44 heavy (non-hydrogen) atoms. The molecule has 0 amide bonds. The number of hydrogen-bond donors (Lipinski definition) is 0. The Hall–Kier alpha value is -4.18. The summed E-state index contributed by atoms with van der Waals surface area (Å²) in [5.41, 5.74) is -2.00. The first-order chi connectivity index (χ1) is 21.0. The van der Waals surface area contributed by atoms with Crippen molar-refractivity contribution in [2.24, 2.45) is 5.92 Å². The number of rotatable bonds is 11. The largest absolute Gasteiger partial charge is 0.487 e. The summed E-state index contributed by atoms with van der Waals surface area (Å²) in [4.78, 5) is 0. The highest BCUT2D eigenvalue weighted by Crippen LogP contribution is 2.31. The van der Waals surface area contributed by atoms with Crippen molar-refractivity contribution in [1.82, 2.24) is 0 Å². The van der Waals surface area contributed by atoms with Crippen molar-refractivity contribution >= 4 is 0 Å². The maximum atomic E-state index is 14.5. The summed E-state index contributed by atoms with van der Waals surface area (Å²) in [6, 6.07) is 5.20. The van der Waals surface area contributed by atoms with Crippen LogP contribution in [0, 0.1) is 76.1 Å². The van der Waals surface area contributed by atoms with Crippen LogP contribution in [-0.2, 0) is 0 Å². The van der Waals surface area contributed by atoms with Gasteiger partial charge < -0.3 is 9.47 Å². The van der Waals surface area contributed by atoms with Gasteiger partial charge in [0.25, 0.3) is 0 Å². The van der Waals surface area contributed by atoms with E-state index in [9.17, 15) is 35.1 Å². The van der Waals surface area contributed by atoms with E-state index in [-0.39, 0.29) is 30.3 Å². The maximum absolute atomic E-state index is 14.5. The predicted octanol–water partition coefficient (Wildman–Crippen LogP) is 9.37. The molecule has 0 heterocycles. The molecule has 0 radical (unpaired) electrons. The minimum absolute atomic E-state index is 0.109. The normalized spacial score (nSPS) is 11.3. The molecule has 0 saturated carbocycles. The third-order valence-corrected chi connectivity index (χ3v) is 6.70. The molecule has 0 fully saturated rings. The molecule has 0 bridgehead atoms. The third-order valence-electron chi connectivity index (χ3n) is 6.70. The highest BCUT2D eigenvalue weighted by atomic mass is 19.2. The van der Waals surface area contributed by atoms with Gasteiger partial charge in [0.1, 0.15) is 11.1 Å². The van der Waals surface area contributed by atoms with Crippen LogP contribution in [0.4, 0.5) is 35.1 Å². The second-order valence-electron chi connectivity index (χ2n) is 10.1. The lowest BCUT2D eigenvalue weighted by Crippen LogP contribution is -2.12. The molecule has 3 rings (SSSR count). The van der Waals surface area contributed by atoms with Crippen molar-refractivity contribution in [3.63, 3.8) is 0 Å². The second kappa shape index (κ2) is 16.0. The van der Waals surface area contributed by atoms with Crippen molar-refractivity contribution in [2.45, 2.75) is 59.3 Å². The van der Waals surface area contributed by atoms with Crippen LogP contribution in [0.25, 0.3) is 0 Å². The fourth-order valence-electron chi connectivity index (χ4n) is 3.83. The van der Waals surface area contributed by atoms with Gasteiger partial charge in [-0.05, 0) is 36.6 Å². The van der Waals surface area contributed by atoms with Crippen molar-refractivity contribution in [3.8, 4) is 35.2 Å². The Balaban J connectivity index is 1.78. The zero-order valence-corrected chi connectivity index (χ0v) is 24.4. The van der Waals surface area contributed by atoms with Gasteiger partial charge in [0, 0.05) is 11.1 Å². The molecule has 0 aliphatic rings. The summed E-state index contributed by atoms with van der Waals surface area (Å²) in [6.07, 6.45) is 4.70. The highest BCUT2D eigenvalue weighted by molar-refractivity contribution is 5.51. The summed E-state index contributed by atoms with van der Waals surface area (Å²) in [6.45, 7) is 5.31. The maximum Gasteiger partial charge on any atom is 0.205 e. The van der Waals surface area contributed by atoms with Crippen LogP contribution < -0.4 is 9.47 Å². The van der Waals surface area contributed by atoms with Gasteiger partial charge in [0.05, 0.1) is 13.2 Å². The van der Waals surface area contributed by atoms with E-state index in [0.29, 0.717) is 12.8 Å². The fourth-order valence-corrected chi connectivity index (χ4v) is 3.83. The Morgan fingerprint density at radius 2 is 0.955 bits per heavy atom. The molecule has 0 saturated heterocycles. The van der Waals surface area contributed by atoms with E-state index in [1.807, 2.05) is 13.8 Å². The lowest BCUT2D eigenvalue weighted by Gasteiger charge is -2.13. The molecule has 0 N–H and O–H groups in total. The predicted molar refractivity (Wildman–Crippen MR) is 150 cm³/mol. The molecule has 3 aromatic rings. The Bertz CT molecular complexity index is 1540.